The maximum Gasteiger partial charge on any atom is 0.190 e. The maximum absolute atomic E-state index is 13.2. The third-order valence-electron chi connectivity index (χ3n) is 2.25. The summed E-state index contributed by atoms with van der Waals surface area (Å²) in [6, 6.07) is 10.2. The summed E-state index contributed by atoms with van der Waals surface area (Å²) in [5.74, 6) is 0.936. The summed E-state index contributed by atoms with van der Waals surface area (Å²) in [7, 11) is 0. The normalized spacial score (nSPS) is 10.6. The van der Waals surface area contributed by atoms with E-state index in [4.69, 9.17) is 10.2 Å². The molecular formula is C12H13FN2O. The Morgan fingerprint density at radius 1 is 1.12 bits per heavy atom. The van der Waals surface area contributed by atoms with Gasteiger partial charge in [0.25, 0.3) is 0 Å². The number of nitrogens with two attached hydrogens (primary N) is 1. The van der Waals surface area contributed by atoms with Crippen LogP contribution in [-0.2, 0) is 13.1 Å². The van der Waals surface area contributed by atoms with Crippen LogP contribution in [0.2, 0.25) is 0 Å². The Bertz CT molecular complexity index is 468. The van der Waals surface area contributed by atoms with Gasteiger partial charge in [0.2, 0.25) is 0 Å². The lowest BCUT2D eigenvalue weighted by Gasteiger charge is -2.03. The standard InChI is InChI=1S/C12H13FN2O/c13-11-4-2-1-3-9(11)7-15-8-10-5-6-12(14)16-10/h1-6,15H,7-8,14H2. The number of rotatable bonds is 4. The number of hydrogen-bond donors (Lipinski definition) is 2. The van der Waals surface area contributed by atoms with Crippen molar-refractivity contribution in [1.82, 2.24) is 5.32 Å². The Morgan fingerprint density at radius 2 is 1.94 bits per heavy atom. The van der Waals surface area contributed by atoms with E-state index in [0.29, 0.717) is 24.5 Å². The van der Waals surface area contributed by atoms with E-state index in [1.807, 2.05) is 6.07 Å². The molecule has 3 N–H and O–H groups in total. The van der Waals surface area contributed by atoms with Crippen molar-refractivity contribution in [3.05, 3.63) is 53.5 Å². The van der Waals surface area contributed by atoms with Gasteiger partial charge in [0.05, 0.1) is 6.54 Å². The van der Waals surface area contributed by atoms with Gasteiger partial charge < -0.3 is 15.5 Å². The van der Waals surface area contributed by atoms with Gasteiger partial charge in [-0.15, -0.1) is 0 Å². The number of nitrogens with one attached hydrogen (secondary N) is 1. The molecule has 2 aromatic rings. The minimum atomic E-state index is -0.200. The summed E-state index contributed by atoms with van der Waals surface area (Å²) >= 11 is 0. The fourth-order valence-corrected chi connectivity index (χ4v) is 1.45. The van der Waals surface area contributed by atoms with E-state index in [1.54, 1.807) is 24.3 Å². The lowest BCUT2D eigenvalue weighted by Crippen LogP contribution is -2.13. The van der Waals surface area contributed by atoms with E-state index in [-0.39, 0.29) is 5.82 Å². The van der Waals surface area contributed by atoms with Crippen LogP contribution in [0.3, 0.4) is 0 Å². The monoisotopic (exact) mass is 220 g/mol. The van der Waals surface area contributed by atoms with Gasteiger partial charge >= 0.3 is 0 Å². The highest BCUT2D eigenvalue weighted by molar-refractivity contribution is 5.25. The third-order valence-corrected chi connectivity index (χ3v) is 2.25. The van der Waals surface area contributed by atoms with E-state index in [2.05, 4.69) is 5.32 Å². The molecule has 0 aliphatic rings. The van der Waals surface area contributed by atoms with Gasteiger partial charge in [-0.05, 0) is 12.1 Å². The van der Waals surface area contributed by atoms with Gasteiger partial charge in [0.1, 0.15) is 11.6 Å². The SMILES string of the molecule is Nc1ccc(CNCc2ccccc2F)o1. The number of nitrogen functional groups attached to an aromatic ring is 1. The van der Waals surface area contributed by atoms with Crippen LogP contribution in [0.1, 0.15) is 11.3 Å². The van der Waals surface area contributed by atoms with Crippen molar-refractivity contribution < 1.29 is 8.81 Å². The summed E-state index contributed by atoms with van der Waals surface area (Å²) in [5, 5.41) is 3.08. The molecule has 1 aromatic heterocycles. The topological polar surface area (TPSA) is 51.2 Å². The van der Waals surface area contributed by atoms with Gasteiger partial charge in [-0.3, -0.25) is 0 Å². The van der Waals surface area contributed by atoms with Gasteiger partial charge in [-0.1, -0.05) is 18.2 Å². The second kappa shape index (κ2) is 4.81. The second-order valence-electron chi connectivity index (χ2n) is 3.50. The fourth-order valence-electron chi connectivity index (χ4n) is 1.45. The van der Waals surface area contributed by atoms with Crippen LogP contribution in [0, 0.1) is 5.82 Å². The lowest BCUT2D eigenvalue weighted by atomic mass is 10.2. The fraction of sp³-hybridized carbons (Fsp3) is 0.167. The quantitative estimate of drug-likeness (QED) is 0.831. The second-order valence-corrected chi connectivity index (χ2v) is 3.50. The van der Waals surface area contributed by atoms with E-state index in [0.717, 1.165) is 5.76 Å². The van der Waals surface area contributed by atoms with Crippen molar-refractivity contribution in [2.75, 3.05) is 5.73 Å². The molecular weight excluding hydrogens is 207 g/mol. The molecule has 0 saturated carbocycles. The molecule has 3 nitrogen and oxygen atoms in total. The van der Waals surface area contributed by atoms with Gasteiger partial charge in [-0.2, -0.15) is 0 Å². The molecule has 0 radical (unpaired) electrons. The van der Waals surface area contributed by atoms with Crippen LogP contribution in [0.4, 0.5) is 10.3 Å². The molecule has 1 heterocycles. The molecule has 0 spiro atoms. The summed E-state index contributed by atoms with van der Waals surface area (Å²) in [6.07, 6.45) is 0. The highest BCUT2D eigenvalue weighted by Crippen LogP contribution is 2.09. The van der Waals surface area contributed by atoms with E-state index in [1.165, 1.54) is 6.07 Å². The van der Waals surface area contributed by atoms with Gasteiger partial charge in [0.15, 0.2) is 5.88 Å². The number of furan rings is 1. The van der Waals surface area contributed by atoms with E-state index in [9.17, 15) is 4.39 Å². The molecule has 0 fully saturated rings. The van der Waals surface area contributed by atoms with Crippen molar-refractivity contribution in [3.8, 4) is 0 Å². The number of benzene rings is 1. The number of halogens is 1. The van der Waals surface area contributed by atoms with Crippen molar-refractivity contribution >= 4 is 5.88 Å². The van der Waals surface area contributed by atoms with Crippen LogP contribution in [0.15, 0.2) is 40.8 Å². The Labute approximate surface area is 93.1 Å². The van der Waals surface area contributed by atoms with Crippen LogP contribution in [0.5, 0.6) is 0 Å². The minimum absolute atomic E-state index is 0.200. The Kier molecular flexibility index (Phi) is 3.22. The first kappa shape index (κ1) is 10.7. The van der Waals surface area contributed by atoms with Crippen molar-refractivity contribution in [2.45, 2.75) is 13.1 Å². The summed E-state index contributed by atoms with van der Waals surface area (Å²) in [4.78, 5) is 0. The molecule has 16 heavy (non-hydrogen) atoms. The zero-order chi connectivity index (χ0) is 11.4. The predicted octanol–water partition coefficient (Wildman–Crippen LogP) is 2.29. The summed E-state index contributed by atoms with van der Waals surface area (Å²) < 4.78 is 18.4. The summed E-state index contributed by atoms with van der Waals surface area (Å²) in [5.41, 5.74) is 6.07. The molecule has 1 aromatic carbocycles. The van der Waals surface area contributed by atoms with E-state index >= 15 is 0 Å². The average Bonchev–Trinajstić information content (AvgIpc) is 2.67. The van der Waals surface area contributed by atoms with Gasteiger partial charge in [-0.25, -0.2) is 4.39 Å². The Balaban J connectivity index is 1.87. The molecule has 84 valence electrons. The molecule has 2 rings (SSSR count). The lowest BCUT2D eigenvalue weighted by molar-refractivity contribution is 0.492. The van der Waals surface area contributed by atoms with Crippen molar-refractivity contribution in [3.63, 3.8) is 0 Å². The van der Waals surface area contributed by atoms with Crippen LogP contribution < -0.4 is 11.1 Å². The maximum atomic E-state index is 13.2. The Morgan fingerprint density at radius 3 is 2.62 bits per heavy atom. The Hall–Kier alpha value is -1.81. The number of hydrogen-bond acceptors (Lipinski definition) is 3. The third kappa shape index (κ3) is 2.61. The number of anilines is 1. The predicted molar refractivity (Wildman–Crippen MR) is 60.1 cm³/mol. The highest BCUT2D eigenvalue weighted by Gasteiger charge is 2.01. The highest BCUT2D eigenvalue weighted by atomic mass is 19.1. The zero-order valence-corrected chi connectivity index (χ0v) is 8.74. The molecule has 0 bridgehead atoms. The summed E-state index contributed by atoms with van der Waals surface area (Å²) in [6.45, 7) is 0.999. The average molecular weight is 220 g/mol. The molecule has 0 amide bonds. The first-order valence-corrected chi connectivity index (χ1v) is 5.04. The van der Waals surface area contributed by atoms with Crippen LogP contribution in [0.25, 0.3) is 0 Å². The zero-order valence-electron chi connectivity index (χ0n) is 8.74. The molecule has 0 atom stereocenters. The van der Waals surface area contributed by atoms with Crippen LogP contribution in [-0.4, -0.2) is 0 Å². The molecule has 0 aliphatic carbocycles. The molecule has 0 saturated heterocycles. The van der Waals surface area contributed by atoms with Crippen molar-refractivity contribution in [2.24, 2.45) is 0 Å². The smallest absolute Gasteiger partial charge is 0.190 e. The van der Waals surface area contributed by atoms with Gasteiger partial charge in [0, 0.05) is 18.2 Å². The van der Waals surface area contributed by atoms with Crippen LogP contribution >= 0.6 is 0 Å². The molecule has 0 unspecified atom stereocenters. The largest absolute Gasteiger partial charge is 0.445 e. The first-order chi connectivity index (χ1) is 7.75. The van der Waals surface area contributed by atoms with E-state index < -0.39 is 0 Å². The van der Waals surface area contributed by atoms with Crippen molar-refractivity contribution in [1.29, 1.82) is 0 Å². The first-order valence-electron chi connectivity index (χ1n) is 5.04. The minimum Gasteiger partial charge on any atom is -0.445 e. The molecule has 0 aliphatic heterocycles. The molecule has 4 heteroatoms.